The lowest BCUT2D eigenvalue weighted by molar-refractivity contribution is -0.121. The molecule has 0 aromatic heterocycles. The second kappa shape index (κ2) is 9.98. The Morgan fingerprint density at radius 1 is 1.14 bits per heavy atom. The normalized spacial score (nSPS) is 17.8. The van der Waals surface area contributed by atoms with Gasteiger partial charge in [0.25, 0.3) is 0 Å². The van der Waals surface area contributed by atoms with Crippen LogP contribution in [0.25, 0.3) is 0 Å². The summed E-state index contributed by atoms with van der Waals surface area (Å²) in [6.07, 6.45) is 3.45. The molecular weight excluding hydrogens is 391 g/mol. The number of piperidine rings is 1. The number of nitrogens with zero attached hydrogens (tertiary/aromatic N) is 1. The van der Waals surface area contributed by atoms with Crippen molar-refractivity contribution < 1.29 is 17.6 Å². The Morgan fingerprint density at radius 2 is 1.93 bits per heavy atom. The van der Waals surface area contributed by atoms with Crippen molar-refractivity contribution in [3.05, 3.63) is 66.0 Å². The highest BCUT2D eigenvalue weighted by Gasteiger charge is 2.30. The van der Waals surface area contributed by atoms with Gasteiger partial charge < -0.3 is 5.32 Å². The zero-order valence-electron chi connectivity index (χ0n) is 16.4. The molecule has 1 saturated heterocycles. The molecule has 0 spiro atoms. The summed E-state index contributed by atoms with van der Waals surface area (Å²) in [5.74, 6) is -0.440. The molecule has 2 aromatic carbocycles. The first-order valence-corrected chi connectivity index (χ1v) is 11.5. The summed E-state index contributed by atoms with van der Waals surface area (Å²) in [6, 6.07) is 15.1. The number of hydrogen-bond donors (Lipinski definition) is 1. The van der Waals surface area contributed by atoms with Crippen molar-refractivity contribution in [2.45, 2.75) is 37.0 Å². The van der Waals surface area contributed by atoms with Crippen molar-refractivity contribution in [3.8, 4) is 0 Å². The number of rotatable bonds is 8. The number of carbonyl (C=O) groups is 1. The molecule has 0 saturated carbocycles. The fourth-order valence-corrected chi connectivity index (χ4v) is 5.26. The Kier molecular flexibility index (Phi) is 7.39. The number of nitrogens with one attached hydrogen (secondary N) is 1. The fraction of sp³-hybridized carbons (Fsp3) is 0.409. The van der Waals surface area contributed by atoms with Crippen LogP contribution in [0.2, 0.25) is 0 Å². The van der Waals surface area contributed by atoms with Crippen molar-refractivity contribution in [1.29, 1.82) is 0 Å². The van der Waals surface area contributed by atoms with E-state index in [1.807, 2.05) is 30.3 Å². The second-order valence-corrected chi connectivity index (χ2v) is 9.39. The molecule has 0 aliphatic carbocycles. The van der Waals surface area contributed by atoms with Gasteiger partial charge in [-0.1, -0.05) is 36.4 Å². The average molecular weight is 419 g/mol. The molecule has 0 bridgehead atoms. The van der Waals surface area contributed by atoms with Crippen molar-refractivity contribution >= 4 is 15.9 Å². The summed E-state index contributed by atoms with van der Waals surface area (Å²) in [7, 11) is -3.71. The molecular formula is C22H27FN2O3S. The third-order valence-electron chi connectivity index (χ3n) is 5.27. The van der Waals surface area contributed by atoms with E-state index in [0.29, 0.717) is 32.5 Å². The zero-order valence-corrected chi connectivity index (χ0v) is 17.2. The van der Waals surface area contributed by atoms with E-state index in [1.165, 1.54) is 28.1 Å². The van der Waals surface area contributed by atoms with E-state index in [-0.39, 0.29) is 16.7 Å². The third-order valence-corrected chi connectivity index (χ3v) is 7.14. The Balaban J connectivity index is 1.46. The molecule has 1 N–H and O–H groups in total. The van der Waals surface area contributed by atoms with Crippen molar-refractivity contribution in [2.24, 2.45) is 5.92 Å². The van der Waals surface area contributed by atoms with Crippen LogP contribution in [-0.4, -0.2) is 38.3 Å². The Hall–Kier alpha value is -2.25. The van der Waals surface area contributed by atoms with Crippen LogP contribution in [0, 0.1) is 11.7 Å². The van der Waals surface area contributed by atoms with Crippen molar-refractivity contribution in [2.75, 3.05) is 19.6 Å². The second-order valence-electron chi connectivity index (χ2n) is 7.45. The summed E-state index contributed by atoms with van der Waals surface area (Å²) in [5.41, 5.74) is 1.18. The molecule has 1 unspecified atom stereocenters. The maximum Gasteiger partial charge on any atom is 0.243 e. The quantitative estimate of drug-likeness (QED) is 0.715. The molecule has 1 aliphatic rings. The first-order valence-electron chi connectivity index (χ1n) is 10.0. The van der Waals surface area contributed by atoms with Gasteiger partial charge in [-0.2, -0.15) is 4.31 Å². The minimum Gasteiger partial charge on any atom is -0.356 e. The molecule has 1 amide bonds. The smallest absolute Gasteiger partial charge is 0.243 e. The zero-order chi connectivity index (χ0) is 20.7. The van der Waals surface area contributed by atoms with E-state index >= 15 is 0 Å². The van der Waals surface area contributed by atoms with Gasteiger partial charge in [-0.05, 0) is 55.4 Å². The molecule has 2 aromatic rings. The molecule has 156 valence electrons. The Labute approximate surface area is 172 Å². The molecule has 5 nitrogen and oxygen atoms in total. The highest BCUT2D eigenvalue weighted by Crippen LogP contribution is 2.26. The Morgan fingerprint density at radius 3 is 2.69 bits per heavy atom. The van der Waals surface area contributed by atoms with Crippen LogP contribution < -0.4 is 5.32 Å². The van der Waals surface area contributed by atoms with Gasteiger partial charge in [0.15, 0.2) is 0 Å². The van der Waals surface area contributed by atoms with Crippen LogP contribution in [0.3, 0.4) is 0 Å². The lowest BCUT2D eigenvalue weighted by atomic mass is 9.94. The molecule has 1 atom stereocenters. The van der Waals surface area contributed by atoms with Crippen LogP contribution in [0.5, 0.6) is 0 Å². The van der Waals surface area contributed by atoms with Gasteiger partial charge in [-0.25, -0.2) is 12.8 Å². The predicted molar refractivity (Wildman–Crippen MR) is 110 cm³/mol. The number of sulfonamides is 1. The summed E-state index contributed by atoms with van der Waals surface area (Å²) >= 11 is 0. The fourth-order valence-electron chi connectivity index (χ4n) is 3.67. The van der Waals surface area contributed by atoms with Gasteiger partial charge in [-0.15, -0.1) is 0 Å². The molecule has 3 rings (SSSR count). The van der Waals surface area contributed by atoms with Crippen molar-refractivity contribution in [1.82, 2.24) is 9.62 Å². The van der Waals surface area contributed by atoms with E-state index < -0.39 is 15.8 Å². The lowest BCUT2D eigenvalue weighted by Gasteiger charge is -2.32. The average Bonchev–Trinajstić information content (AvgIpc) is 2.73. The molecule has 0 radical (unpaired) electrons. The van der Waals surface area contributed by atoms with Crippen molar-refractivity contribution in [3.63, 3.8) is 0 Å². The van der Waals surface area contributed by atoms with Crippen LogP contribution in [0.4, 0.5) is 4.39 Å². The van der Waals surface area contributed by atoms with Gasteiger partial charge >= 0.3 is 0 Å². The monoisotopic (exact) mass is 418 g/mol. The highest BCUT2D eigenvalue weighted by atomic mass is 32.2. The number of benzene rings is 2. The first-order chi connectivity index (χ1) is 13.9. The van der Waals surface area contributed by atoms with Gasteiger partial charge in [0, 0.05) is 26.1 Å². The maximum atomic E-state index is 13.4. The number of carbonyl (C=O) groups excluding carboxylic acids is 1. The topological polar surface area (TPSA) is 66.5 Å². The summed E-state index contributed by atoms with van der Waals surface area (Å²) in [5, 5.41) is 2.93. The van der Waals surface area contributed by atoms with Crippen LogP contribution in [0.1, 0.15) is 31.2 Å². The van der Waals surface area contributed by atoms with E-state index in [1.54, 1.807) is 0 Å². The highest BCUT2D eigenvalue weighted by molar-refractivity contribution is 7.89. The third kappa shape index (κ3) is 6.11. The SMILES string of the molecule is O=C(CCC1CCCN(S(=O)(=O)c2cccc(F)c2)C1)NCCc1ccccc1. The number of halogens is 1. The van der Waals surface area contributed by atoms with Gasteiger partial charge in [-0.3, -0.25) is 4.79 Å². The number of hydrogen-bond acceptors (Lipinski definition) is 3. The van der Waals surface area contributed by atoms with Crippen LogP contribution >= 0.6 is 0 Å². The summed E-state index contributed by atoms with van der Waals surface area (Å²) in [6.45, 7) is 1.39. The van der Waals surface area contributed by atoms with E-state index in [2.05, 4.69) is 5.32 Å². The van der Waals surface area contributed by atoms with Gasteiger partial charge in [0.05, 0.1) is 4.90 Å². The lowest BCUT2D eigenvalue weighted by Crippen LogP contribution is -2.40. The molecule has 1 fully saturated rings. The van der Waals surface area contributed by atoms with Gasteiger partial charge in [0.2, 0.25) is 15.9 Å². The van der Waals surface area contributed by atoms with Crippen LogP contribution in [-0.2, 0) is 21.2 Å². The summed E-state index contributed by atoms with van der Waals surface area (Å²) < 4.78 is 40.4. The van der Waals surface area contributed by atoms with Crippen LogP contribution in [0.15, 0.2) is 59.5 Å². The van der Waals surface area contributed by atoms with E-state index in [4.69, 9.17) is 0 Å². The largest absolute Gasteiger partial charge is 0.356 e. The minimum absolute atomic E-state index is 0.00829. The molecule has 29 heavy (non-hydrogen) atoms. The maximum absolute atomic E-state index is 13.4. The van der Waals surface area contributed by atoms with E-state index in [9.17, 15) is 17.6 Å². The molecule has 1 aliphatic heterocycles. The first kappa shape index (κ1) is 21.5. The predicted octanol–water partition coefficient (Wildman–Crippen LogP) is 3.37. The standard InChI is InChI=1S/C22H27FN2O3S/c23-20-9-4-10-21(16-20)29(27,28)25-15-5-8-19(17-25)11-12-22(26)24-14-13-18-6-2-1-3-7-18/h1-4,6-7,9-10,16,19H,5,8,11-15,17H2,(H,24,26). The Bertz CT molecular complexity index is 919. The molecule has 7 heteroatoms. The minimum atomic E-state index is -3.71. The molecule has 1 heterocycles. The van der Waals surface area contributed by atoms with E-state index in [0.717, 1.165) is 25.3 Å². The van der Waals surface area contributed by atoms with Gasteiger partial charge in [0.1, 0.15) is 5.82 Å². The number of amides is 1. The summed E-state index contributed by atoms with van der Waals surface area (Å²) in [4.78, 5) is 12.1.